The van der Waals surface area contributed by atoms with Crippen LogP contribution in [-0.4, -0.2) is 52.7 Å². The fourth-order valence-electron chi connectivity index (χ4n) is 5.36. The number of guanidine groups is 1. The second kappa shape index (κ2) is 10.00. The summed E-state index contributed by atoms with van der Waals surface area (Å²) in [6.07, 6.45) is 3.12. The largest absolute Gasteiger partial charge is 0.342 e. The SMILES string of the molecule is CC(C)CC1(C)NC(=N)N(CC2CCN(C(=O)c3ccccc3Cc3ccccc3)CC2)C1=O. The lowest BCUT2D eigenvalue weighted by atomic mass is 9.90. The molecule has 2 aromatic carbocycles. The van der Waals surface area contributed by atoms with Crippen LogP contribution in [0.4, 0.5) is 0 Å². The standard InChI is InChI=1S/C28H36N4O2/c1-20(2)18-28(3)26(34)32(27(29)30-28)19-22-13-15-31(16-14-22)25(33)24-12-8-7-11-23(24)17-21-9-5-4-6-10-21/h4-12,20,22H,13-19H2,1-3H3,(H2,29,30). The molecule has 2 aliphatic rings. The zero-order valence-corrected chi connectivity index (χ0v) is 20.5. The summed E-state index contributed by atoms with van der Waals surface area (Å²) in [5, 5.41) is 11.4. The highest BCUT2D eigenvalue weighted by atomic mass is 16.2. The zero-order chi connectivity index (χ0) is 24.3. The third-order valence-corrected chi connectivity index (χ3v) is 7.03. The van der Waals surface area contributed by atoms with Crippen molar-refractivity contribution >= 4 is 17.8 Å². The van der Waals surface area contributed by atoms with Gasteiger partial charge < -0.3 is 10.2 Å². The normalized spacial score (nSPS) is 21.3. The monoisotopic (exact) mass is 460 g/mol. The molecule has 180 valence electrons. The van der Waals surface area contributed by atoms with Crippen molar-refractivity contribution in [3.05, 3.63) is 71.3 Å². The van der Waals surface area contributed by atoms with Gasteiger partial charge >= 0.3 is 0 Å². The Bertz CT molecular complexity index is 1040. The Kier molecular flexibility index (Phi) is 7.05. The van der Waals surface area contributed by atoms with Gasteiger partial charge in [-0.1, -0.05) is 62.4 Å². The molecule has 0 radical (unpaired) electrons. The summed E-state index contributed by atoms with van der Waals surface area (Å²) in [5.41, 5.74) is 2.32. The van der Waals surface area contributed by atoms with Gasteiger partial charge in [-0.25, -0.2) is 0 Å². The Morgan fingerprint density at radius 1 is 1.09 bits per heavy atom. The number of carbonyl (C=O) groups excluding carboxylic acids is 2. The first-order valence-electron chi connectivity index (χ1n) is 12.4. The summed E-state index contributed by atoms with van der Waals surface area (Å²) in [4.78, 5) is 30.0. The third-order valence-electron chi connectivity index (χ3n) is 7.03. The minimum atomic E-state index is -0.690. The lowest BCUT2D eigenvalue weighted by molar-refractivity contribution is -0.131. The first-order chi connectivity index (χ1) is 16.3. The Morgan fingerprint density at radius 3 is 2.41 bits per heavy atom. The van der Waals surface area contributed by atoms with Crippen molar-refractivity contribution in [2.75, 3.05) is 19.6 Å². The number of piperidine rings is 1. The lowest BCUT2D eigenvalue weighted by Gasteiger charge is -2.34. The van der Waals surface area contributed by atoms with Gasteiger partial charge in [0, 0.05) is 25.2 Å². The third kappa shape index (κ3) is 5.16. The van der Waals surface area contributed by atoms with Gasteiger partial charge in [-0.2, -0.15) is 0 Å². The Morgan fingerprint density at radius 2 is 1.74 bits per heavy atom. The Balaban J connectivity index is 1.36. The molecule has 0 saturated carbocycles. The van der Waals surface area contributed by atoms with Gasteiger partial charge in [0.15, 0.2) is 5.96 Å². The number of hydrogen-bond donors (Lipinski definition) is 2. The van der Waals surface area contributed by atoms with Crippen LogP contribution in [0.2, 0.25) is 0 Å². The van der Waals surface area contributed by atoms with Crippen molar-refractivity contribution in [2.45, 2.75) is 52.0 Å². The van der Waals surface area contributed by atoms with Crippen molar-refractivity contribution in [3.8, 4) is 0 Å². The van der Waals surface area contributed by atoms with Crippen LogP contribution in [0.15, 0.2) is 54.6 Å². The number of nitrogens with one attached hydrogen (secondary N) is 2. The van der Waals surface area contributed by atoms with E-state index in [0.29, 0.717) is 32.0 Å². The number of amides is 2. The maximum absolute atomic E-state index is 13.4. The van der Waals surface area contributed by atoms with E-state index < -0.39 is 5.54 Å². The van der Waals surface area contributed by atoms with Gasteiger partial charge in [0.05, 0.1) is 0 Å². The summed E-state index contributed by atoms with van der Waals surface area (Å²) < 4.78 is 0. The second-order valence-electron chi connectivity index (χ2n) is 10.4. The maximum atomic E-state index is 13.4. The minimum absolute atomic E-state index is 0.000421. The van der Waals surface area contributed by atoms with Crippen LogP contribution in [0.1, 0.15) is 61.5 Å². The molecule has 2 heterocycles. The number of rotatable bonds is 7. The van der Waals surface area contributed by atoms with Crippen molar-refractivity contribution < 1.29 is 9.59 Å². The summed E-state index contributed by atoms with van der Waals surface area (Å²) in [6.45, 7) is 7.99. The second-order valence-corrected chi connectivity index (χ2v) is 10.4. The molecule has 6 heteroatoms. The fraction of sp³-hybridized carbons (Fsp3) is 0.464. The van der Waals surface area contributed by atoms with E-state index in [0.717, 1.165) is 30.4 Å². The summed E-state index contributed by atoms with van der Waals surface area (Å²) in [6, 6.07) is 18.1. The smallest absolute Gasteiger partial charge is 0.254 e. The number of benzene rings is 2. The molecular weight excluding hydrogens is 424 g/mol. The van der Waals surface area contributed by atoms with E-state index in [2.05, 4.69) is 31.3 Å². The maximum Gasteiger partial charge on any atom is 0.254 e. The van der Waals surface area contributed by atoms with E-state index in [-0.39, 0.29) is 23.7 Å². The average Bonchev–Trinajstić information content (AvgIpc) is 3.02. The predicted octanol–water partition coefficient (Wildman–Crippen LogP) is 4.30. The van der Waals surface area contributed by atoms with E-state index in [1.165, 1.54) is 5.56 Å². The van der Waals surface area contributed by atoms with Gasteiger partial charge in [0.2, 0.25) is 0 Å². The number of carbonyl (C=O) groups is 2. The molecule has 4 rings (SSSR count). The number of hydrogen-bond acceptors (Lipinski definition) is 3. The predicted molar refractivity (Wildman–Crippen MR) is 135 cm³/mol. The molecule has 6 nitrogen and oxygen atoms in total. The quantitative estimate of drug-likeness (QED) is 0.647. The van der Waals surface area contributed by atoms with Crippen LogP contribution in [0, 0.1) is 17.2 Å². The molecule has 2 N–H and O–H groups in total. The van der Waals surface area contributed by atoms with E-state index >= 15 is 0 Å². The van der Waals surface area contributed by atoms with Crippen molar-refractivity contribution in [1.29, 1.82) is 5.41 Å². The number of nitrogens with zero attached hydrogens (tertiary/aromatic N) is 2. The highest BCUT2D eigenvalue weighted by Gasteiger charge is 2.46. The average molecular weight is 461 g/mol. The molecule has 1 atom stereocenters. The van der Waals surface area contributed by atoms with Crippen LogP contribution < -0.4 is 5.32 Å². The topological polar surface area (TPSA) is 76.5 Å². The van der Waals surface area contributed by atoms with E-state index in [4.69, 9.17) is 5.41 Å². The molecule has 2 aliphatic heterocycles. The molecule has 2 fully saturated rings. The molecule has 2 amide bonds. The summed E-state index contributed by atoms with van der Waals surface area (Å²) >= 11 is 0. The Hall–Kier alpha value is -3.15. The molecule has 34 heavy (non-hydrogen) atoms. The summed E-state index contributed by atoms with van der Waals surface area (Å²) in [5.74, 6) is 0.950. The number of likely N-dealkylation sites (tertiary alicyclic amines) is 1. The van der Waals surface area contributed by atoms with Crippen LogP contribution >= 0.6 is 0 Å². The Labute approximate surface area is 202 Å². The zero-order valence-electron chi connectivity index (χ0n) is 20.5. The minimum Gasteiger partial charge on any atom is -0.342 e. The van der Waals surface area contributed by atoms with Gasteiger partial charge in [0.1, 0.15) is 5.54 Å². The van der Waals surface area contributed by atoms with Crippen LogP contribution in [0.5, 0.6) is 0 Å². The molecule has 0 aromatic heterocycles. The van der Waals surface area contributed by atoms with Crippen molar-refractivity contribution in [1.82, 2.24) is 15.1 Å². The molecule has 0 aliphatic carbocycles. The van der Waals surface area contributed by atoms with Gasteiger partial charge in [-0.3, -0.25) is 19.9 Å². The molecule has 2 aromatic rings. The van der Waals surface area contributed by atoms with Crippen molar-refractivity contribution in [2.24, 2.45) is 11.8 Å². The summed E-state index contributed by atoms with van der Waals surface area (Å²) in [7, 11) is 0. The van der Waals surface area contributed by atoms with Crippen molar-refractivity contribution in [3.63, 3.8) is 0 Å². The molecule has 1 unspecified atom stereocenters. The highest BCUT2D eigenvalue weighted by molar-refractivity contribution is 6.07. The molecule has 0 bridgehead atoms. The molecule has 0 spiro atoms. The fourth-order valence-corrected chi connectivity index (χ4v) is 5.36. The van der Waals surface area contributed by atoms with Crippen LogP contribution in [0.3, 0.4) is 0 Å². The van der Waals surface area contributed by atoms with Gasteiger partial charge in [-0.15, -0.1) is 0 Å². The van der Waals surface area contributed by atoms with Gasteiger partial charge in [0.25, 0.3) is 11.8 Å². The highest BCUT2D eigenvalue weighted by Crippen LogP contribution is 2.28. The lowest BCUT2D eigenvalue weighted by Crippen LogP contribution is -2.46. The molecular formula is C28H36N4O2. The first kappa shape index (κ1) is 24.0. The first-order valence-corrected chi connectivity index (χ1v) is 12.4. The van der Waals surface area contributed by atoms with Crippen LogP contribution in [-0.2, 0) is 11.2 Å². The van der Waals surface area contributed by atoms with E-state index in [1.807, 2.05) is 54.3 Å². The van der Waals surface area contributed by atoms with E-state index in [1.54, 1.807) is 4.90 Å². The van der Waals surface area contributed by atoms with E-state index in [9.17, 15) is 9.59 Å². The molecule has 2 saturated heterocycles. The van der Waals surface area contributed by atoms with Crippen LogP contribution in [0.25, 0.3) is 0 Å². The van der Waals surface area contributed by atoms with Gasteiger partial charge in [-0.05, 0) is 61.6 Å².